The van der Waals surface area contributed by atoms with E-state index in [1.807, 2.05) is 43.1 Å². The van der Waals surface area contributed by atoms with E-state index >= 15 is 0 Å². The molecule has 2 aromatic rings. The molecule has 1 unspecified atom stereocenters. The summed E-state index contributed by atoms with van der Waals surface area (Å²) in [5.74, 6) is 0.461. The number of aryl methyl sites for hydroxylation is 1. The number of hydrogen-bond acceptors (Lipinski definition) is 1. The molecule has 106 valence electrons. The standard InChI is InChI=1S/C18H22BN2/c1-14(2)16-10-12-20(3)18(13-16)19-11-9-15-7-5-6-8-17(15)21(19)4/h5-14H,1-4H3/q+1/i1D3,14D. The van der Waals surface area contributed by atoms with Crippen molar-refractivity contribution in [1.29, 1.82) is 0 Å². The van der Waals surface area contributed by atoms with Gasteiger partial charge in [-0.05, 0) is 30.1 Å². The number of hydrogen-bond donors (Lipinski definition) is 0. The van der Waals surface area contributed by atoms with Crippen LogP contribution in [0.25, 0.3) is 6.08 Å². The van der Waals surface area contributed by atoms with Crippen LogP contribution >= 0.6 is 0 Å². The molecule has 3 rings (SSSR count). The van der Waals surface area contributed by atoms with Crippen molar-refractivity contribution in [2.24, 2.45) is 7.05 Å². The fourth-order valence-corrected chi connectivity index (χ4v) is 2.84. The van der Waals surface area contributed by atoms with Gasteiger partial charge < -0.3 is 4.81 Å². The summed E-state index contributed by atoms with van der Waals surface area (Å²) >= 11 is 0. The lowest BCUT2D eigenvalue weighted by Gasteiger charge is -2.28. The average Bonchev–Trinajstić information content (AvgIpc) is 2.55. The fraction of sp³-hybridized carbons (Fsp3) is 0.278. The van der Waals surface area contributed by atoms with Gasteiger partial charge in [-0.2, -0.15) is 0 Å². The molecule has 2 nitrogen and oxygen atoms in total. The number of pyridine rings is 1. The van der Waals surface area contributed by atoms with E-state index in [2.05, 4.69) is 29.0 Å². The summed E-state index contributed by atoms with van der Waals surface area (Å²) in [5.41, 5.74) is 3.74. The minimum atomic E-state index is -2.38. The average molecular weight is 281 g/mol. The van der Waals surface area contributed by atoms with Crippen LogP contribution < -0.4 is 15.0 Å². The Hall–Kier alpha value is -2.03. The van der Waals surface area contributed by atoms with Gasteiger partial charge in [0.2, 0.25) is 0 Å². The van der Waals surface area contributed by atoms with Gasteiger partial charge in [0.25, 0.3) is 0 Å². The van der Waals surface area contributed by atoms with Crippen LogP contribution in [0.5, 0.6) is 0 Å². The number of benzene rings is 1. The third-order valence-corrected chi connectivity index (χ3v) is 4.12. The van der Waals surface area contributed by atoms with Crippen LogP contribution in [0.15, 0.2) is 48.6 Å². The number of para-hydroxylation sites is 1. The highest BCUT2D eigenvalue weighted by atomic mass is 15.1. The first-order valence-electron chi connectivity index (χ1n) is 9.13. The van der Waals surface area contributed by atoms with E-state index in [1.165, 1.54) is 6.92 Å². The first-order valence-corrected chi connectivity index (χ1v) is 7.13. The van der Waals surface area contributed by atoms with Crippen LogP contribution in [0, 0.1) is 0 Å². The number of aromatic nitrogens is 1. The maximum Gasteiger partial charge on any atom is 0.396 e. The lowest BCUT2D eigenvalue weighted by Crippen LogP contribution is -2.60. The van der Waals surface area contributed by atoms with Gasteiger partial charge in [-0.25, -0.2) is 4.57 Å². The topological polar surface area (TPSA) is 7.12 Å². The smallest absolute Gasteiger partial charge is 0.396 e. The normalized spacial score (nSPS) is 20.0. The van der Waals surface area contributed by atoms with Crippen LogP contribution in [-0.2, 0) is 7.05 Å². The quantitative estimate of drug-likeness (QED) is 0.606. The Bertz CT molecular complexity index is 830. The van der Waals surface area contributed by atoms with Gasteiger partial charge in [0, 0.05) is 23.3 Å². The van der Waals surface area contributed by atoms with E-state index in [0.29, 0.717) is 5.56 Å². The Kier molecular flexibility index (Phi) is 2.53. The van der Waals surface area contributed by atoms with E-state index in [4.69, 9.17) is 5.48 Å². The maximum absolute atomic E-state index is 8.36. The molecule has 0 saturated carbocycles. The first-order chi connectivity index (χ1) is 11.6. The predicted molar refractivity (Wildman–Crippen MR) is 91.0 cm³/mol. The second-order valence-electron chi connectivity index (χ2n) is 5.55. The molecule has 0 bridgehead atoms. The van der Waals surface area contributed by atoms with Crippen molar-refractivity contribution in [1.82, 2.24) is 0 Å². The molecular weight excluding hydrogens is 255 g/mol. The zero-order valence-corrected chi connectivity index (χ0v) is 12.7. The summed E-state index contributed by atoms with van der Waals surface area (Å²) in [6, 6.07) is 11.7. The third-order valence-electron chi connectivity index (χ3n) is 4.12. The van der Waals surface area contributed by atoms with E-state index in [-0.39, 0.29) is 6.85 Å². The highest BCUT2D eigenvalue weighted by molar-refractivity contribution is 6.80. The van der Waals surface area contributed by atoms with Crippen molar-refractivity contribution in [2.45, 2.75) is 19.7 Å². The van der Waals surface area contributed by atoms with Gasteiger partial charge >= 0.3 is 6.85 Å². The van der Waals surface area contributed by atoms with Gasteiger partial charge in [0.1, 0.15) is 7.05 Å². The van der Waals surface area contributed by atoms with Gasteiger partial charge in [-0.15, -0.1) is 0 Å². The van der Waals surface area contributed by atoms with Crippen LogP contribution in [-0.4, -0.2) is 13.9 Å². The van der Waals surface area contributed by atoms with Crippen LogP contribution in [0.3, 0.4) is 0 Å². The second kappa shape index (κ2) is 5.40. The Morgan fingerprint density at radius 1 is 1.33 bits per heavy atom. The molecule has 1 atom stereocenters. The van der Waals surface area contributed by atoms with Crippen molar-refractivity contribution in [3.05, 3.63) is 59.7 Å². The molecule has 0 amide bonds. The Balaban J connectivity index is 2.06. The Morgan fingerprint density at radius 2 is 2.14 bits per heavy atom. The van der Waals surface area contributed by atoms with Crippen molar-refractivity contribution in [3.8, 4) is 0 Å². The zero-order chi connectivity index (χ0) is 18.4. The molecule has 0 radical (unpaired) electrons. The van der Waals surface area contributed by atoms with Gasteiger partial charge in [-0.1, -0.05) is 44.0 Å². The Morgan fingerprint density at radius 3 is 2.95 bits per heavy atom. The predicted octanol–water partition coefficient (Wildman–Crippen LogP) is 2.54. The highest BCUT2D eigenvalue weighted by Crippen LogP contribution is 2.25. The van der Waals surface area contributed by atoms with E-state index in [0.717, 1.165) is 16.8 Å². The molecule has 1 aliphatic rings. The minimum absolute atomic E-state index is 0.0211. The monoisotopic (exact) mass is 281 g/mol. The molecule has 21 heavy (non-hydrogen) atoms. The SMILES string of the molecule is [2H]C([2H])([2H])C([2H])(C)c1cc[n+](C)c(B2C=Cc3ccccc3N2C)c1. The third kappa shape index (κ3) is 2.48. The summed E-state index contributed by atoms with van der Waals surface area (Å²) < 4.78 is 33.4. The highest BCUT2D eigenvalue weighted by Gasteiger charge is 2.32. The summed E-state index contributed by atoms with van der Waals surface area (Å²) in [7, 11) is 3.97. The second-order valence-corrected chi connectivity index (χ2v) is 5.55. The van der Waals surface area contributed by atoms with Crippen LogP contribution in [0.2, 0.25) is 0 Å². The van der Waals surface area contributed by atoms with Crippen molar-refractivity contribution in [2.75, 3.05) is 11.9 Å². The van der Waals surface area contributed by atoms with E-state index in [1.54, 1.807) is 6.07 Å². The Labute approximate surface area is 133 Å². The number of nitrogens with zero attached hydrogens (tertiary/aromatic N) is 2. The molecule has 3 heteroatoms. The molecule has 1 aromatic heterocycles. The summed E-state index contributed by atoms with van der Waals surface area (Å²) in [6.45, 7) is -0.952. The molecule has 1 aromatic carbocycles. The van der Waals surface area contributed by atoms with E-state index < -0.39 is 12.7 Å². The summed E-state index contributed by atoms with van der Waals surface area (Å²) in [4.78, 5) is 2.17. The number of anilines is 1. The molecule has 2 heterocycles. The van der Waals surface area contributed by atoms with Gasteiger partial charge in [0.15, 0.2) is 11.8 Å². The molecule has 0 N–H and O–H groups in total. The van der Waals surface area contributed by atoms with Gasteiger partial charge in [0.05, 0.1) is 0 Å². The largest absolute Gasteiger partial charge is 0.405 e. The number of fused-ring (bicyclic) bond motifs is 1. The van der Waals surface area contributed by atoms with Gasteiger partial charge in [-0.3, -0.25) is 0 Å². The molecule has 1 aliphatic heterocycles. The van der Waals surface area contributed by atoms with Crippen LogP contribution in [0.1, 0.15) is 36.3 Å². The number of rotatable bonds is 2. The summed E-state index contributed by atoms with van der Waals surface area (Å²) in [6.07, 6.45) is 3.93. The maximum atomic E-state index is 8.36. The van der Waals surface area contributed by atoms with Crippen molar-refractivity contribution < 1.29 is 10.1 Å². The minimum Gasteiger partial charge on any atom is -0.405 e. The first kappa shape index (κ1) is 9.83. The molecule has 0 fully saturated rings. The van der Waals surface area contributed by atoms with E-state index in [9.17, 15) is 0 Å². The fourth-order valence-electron chi connectivity index (χ4n) is 2.84. The van der Waals surface area contributed by atoms with Crippen molar-refractivity contribution in [3.63, 3.8) is 0 Å². The zero-order valence-electron chi connectivity index (χ0n) is 16.7. The molecular formula is C18H22BN2+. The van der Waals surface area contributed by atoms with Crippen molar-refractivity contribution >= 4 is 24.2 Å². The van der Waals surface area contributed by atoms with Crippen LogP contribution in [0.4, 0.5) is 5.69 Å². The lowest BCUT2D eigenvalue weighted by molar-refractivity contribution is -0.654. The molecule has 0 aliphatic carbocycles. The summed E-state index contributed by atoms with van der Waals surface area (Å²) in [5, 5.41) is 0. The molecule has 0 saturated heterocycles. The lowest BCUT2D eigenvalue weighted by atomic mass is 9.54. The molecule has 0 spiro atoms.